The average molecular weight is 193 g/mol. The highest BCUT2D eigenvalue weighted by Crippen LogP contribution is 2.25. The SMILES string of the molecule is C=CC(N)c1c(Cl)cccc1C#N. The first kappa shape index (κ1) is 9.79. The van der Waals surface area contributed by atoms with E-state index in [2.05, 4.69) is 6.58 Å². The van der Waals surface area contributed by atoms with E-state index in [9.17, 15) is 0 Å². The lowest BCUT2D eigenvalue weighted by atomic mass is 10.0. The minimum atomic E-state index is -0.386. The van der Waals surface area contributed by atoms with E-state index < -0.39 is 0 Å². The van der Waals surface area contributed by atoms with Crippen LogP contribution in [0.3, 0.4) is 0 Å². The van der Waals surface area contributed by atoms with Gasteiger partial charge in [-0.3, -0.25) is 0 Å². The Labute approximate surface area is 82.2 Å². The summed E-state index contributed by atoms with van der Waals surface area (Å²) in [5, 5.41) is 9.29. The van der Waals surface area contributed by atoms with Crippen LogP contribution in [-0.4, -0.2) is 0 Å². The molecule has 66 valence electrons. The van der Waals surface area contributed by atoms with Crippen LogP contribution in [-0.2, 0) is 0 Å². The number of nitriles is 1. The van der Waals surface area contributed by atoms with Crippen LogP contribution in [0, 0.1) is 11.3 Å². The third-order valence-electron chi connectivity index (χ3n) is 1.76. The monoisotopic (exact) mass is 192 g/mol. The molecule has 1 atom stereocenters. The largest absolute Gasteiger partial charge is 0.321 e. The molecule has 0 aromatic heterocycles. The van der Waals surface area contributed by atoms with Gasteiger partial charge in [0.05, 0.1) is 17.7 Å². The zero-order valence-electron chi connectivity index (χ0n) is 7.00. The molecule has 0 radical (unpaired) electrons. The lowest BCUT2D eigenvalue weighted by molar-refractivity contribution is 0.910. The number of rotatable bonds is 2. The third-order valence-corrected chi connectivity index (χ3v) is 2.09. The maximum Gasteiger partial charge on any atom is 0.0995 e. The van der Waals surface area contributed by atoms with E-state index in [-0.39, 0.29) is 6.04 Å². The molecule has 0 saturated heterocycles. The van der Waals surface area contributed by atoms with E-state index >= 15 is 0 Å². The second kappa shape index (κ2) is 4.08. The fraction of sp³-hybridized carbons (Fsp3) is 0.100. The van der Waals surface area contributed by atoms with Gasteiger partial charge in [0.25, 0.3) is 0 Å². The molecule has 0 saturated carbocycles. The van der Waals surface area contributed by atoms with Crippen LogP contribution in [0.2, 0.25) is 5.02 Å². The van der Waals surface area contributed by atoms with Crippen molar-refractivity contribution in [2.45, 2.75) is 6.04 Å². The molecule has 1 aromatic carbocycles. The Hall–Kier alpha value is -1.30. The molecule has 0 spiro atoms. The molecule has 1 aromatic rings. The van der Waals surface area contributed by atoms with Crippen molar-refractivity contribution in [1.29, 1.82) is 5.26 Å². The zero-order valence-corrected chi connectivity index (χ0v) is 7.75. The van der Waals surface area contributed by atoms with Gasteiger partial charge in [-0.05, 0) is 12.1 Å². The Kier molecular flexibility index (Phi) is 3.07. The third kappa shape index (κ3) is 1.89. The first-order chi connectivity index (χ1) is 6.20. The fourth-order valence-electron chi connectivity index (χ4n) is 1.09. The number of benzene rings is 1. The standard InChI is InChI=1S/C10H9ClN2/c1-2-9(13)10-7(6-12)4-3-5-8(10)11/h2-5,9H,1,13H2. The Morgan fingerprint density at radius 3 is 2.85 bits per heavy atom. The van der Waals surface area contributed by atoms with E-state index in [4.69, 9.17) is 22.6 Å². The summed E-state index contributed by atoms with van der Waals surface area (Å²) < 4.78 is 0. The van der Waals surface area contributed by atoms with E-state index in [0.717, 1.165) is 0 Å². The van der Waals surface area contributed by atoms with Crippen LogP contribution < -0.4 is 5.73 Å². The summed E-state index contributed by atoms with van der Waals surface area (Å²) in [7, 11) is 0. The molecular weight excluding hydrogens is 184 g/mol. The van der Waals surface area contributed by atoms with Crippen molar-refractivity contribution in [2.24, 2.45) is 5.73 Å². The molecule has 0 aliphatic rings. The van der Waals surface area contributed by atoms with Crippen molar-refractivity contribution >= 4 is 11.6 Å². The van der Waals surface area contributed by atoms with Gasteiger partial charge in [0.15, 0.2) is 0 Å². The van der Waals surface area contributed by atoms with Crippen molar-refractivity contribution in [3.05, 3.63) is 47.0 Å². The van der Waals surface area contributed by atoms with Gasteiger partial charge >= 0.3 is 0 Å². The maximum atomic E-state index is 8.79. The molecule has 13 heavy (non-hydrogen) atoms. The Morgan fingerprint density at radius 1 is 1.62 bits per heavy atom. The van der Waals surface area contributed by atoms with E-state index in [1.165, 1.54) is 0 Å². The van der Waals surface area contributed by atoms with E-state index in [1.807, 2.05) is 6.07 Å². The van der Waals surface area contributed by atoms with Crippen molar-refractivity contribution in [3.8, 4) is 6.07 Å². The number of hydrogen-bond acceptors (Lipinski definition) is 2. The summed E-state index contributed by atoms with van der Waals surface area (Å²) in [6.07, 6.45) is 1.56. The van der Waals surface area contributed by atoms with Crippen LogP contribution >= 0.6 is 11.6 Å². The topological polar surface area (TPSA) is 49.8 Å². The van der Waals surface area contributed by atoms with Crippen LogP contribution in [0.1, 0.15) is 17.2 Å². The molecule has 0 fully saturated rings. The van der Waals surface area contributed by atoms with Gasteiger partial charge in [-0.25, -0.2) is 0 Å². The molecule has 1 unspecified atom stereocenters. The quantitative estimate of drug-likeness (QED) is 0.732. The van der Waals surface area contributed by atoms with Gasteiger partial charge in [0, 0.05) is 10.6 Å². The molecule has 0 heterocycles. The lowest BCUT2D eigenvalue weighted by Crippen LogP contribution is -2.09. The zero-order chi connectivity index (χ0) is 9.84. The first-order valence-electron chi connectivity index (χ1n) is 3.77. The number of halogens is 1. The highest BCUT2D eigenvalue weighted by atomic mass is 35.5. The minimum Gasteiger partial charge on any atom is -0.321 e. The lowest BCUT2D eigenvalue weighted by Gasteiger charge is -2.10. The molecule has 0 aliphatic carbocycles. The summed E-state index contributed by atoms with van der Waals surface area (Å²) >= 11 is 5.90. The molecule has 0 bridgehead atoms. The van der Waals surface area contributed by atoms with Gasteiger partial charge in [0.2, 0.25) is 0 Å². The van der Waals surface area contributed by atoms with Gasteiger partial charge < -0.3 is 5.73 Å². The van der Waals surface area contributed by atoms with Gasteiger partial charge in [0.1, 0.15) is 0 Å². The van der Waals surface area contributed by atoms with E-state index in [1.54, 1.807) is 24.3 Å². The first-order valence-corrected chi connectivity index (χ1v) is 4.15. The summed E-state index contributed by atoms with van der Waals surface area (Å²) in [5.41, 5.74) is 6.86. The summed E-state index contributed by atoms with van der Waals surface area (Å²) in [4.78, 5) is 0. The average Bonchev–Trinajstić information content (AvgIpc) is 2.16. The molecule has 0 aliphatic heterocycles. The van der Waals surface area contributed by atoms with Crippen molar-refractivity contribution in [2.75, 3.05) is 0 Å². The molecule has 1 rings (SSSR count). The van der Waals surface area contributed by atoms with Crippen molar-refractivity contribution in [1.82, 2.24) is 0 Å². The highest BCUT2D eigenvalue weighted by Gasteiger charge is 2.11. The van der Waals surface area contributed by atoms with Crippen LogP contribution in [0.15, 0.2) is 30.9 Å². The minimum absolute atomic E-state index is 0.386. The summed E-state index contributed by atoms with van der Waals surface area (Å²) in [5.74, 6) is 0. The smallest absolute Gasteiger partial charge is 0.0995 e. The van der Waals surface area contributed by atoms with Crippen LogP contribution in [0.4, 0.5) is 0 Å². The fourth-order valence-corrected chi connectivity index (χ4v) is 1.39. The predicted molar refractivity (Wildman–Crippen MR) is 53.3 cm³/mol. The normalized spacial score (nSPS) is 11.8. The Morgan fingerprint density at radius 2 is 2.31 bits per heavy atom. The number of nitrogens with two attached hydrogens (primary N) is 1. The highest BCUT2D eigenvalue weighted by molar-refractivity contribution is 6.31. The maximum absolute atomic E-state index is 8.79. The summed E-state index contributed by atoms with van der Waals surface area (Å²) in [6.45, 7) is 3.56. The second-order valence-electron chi connectivity index (χ2n) is 2.57. The summed E-state index contributed by atoms with van der Waals surface area (Å²) in [6, 6.07) is 6.77. The molecule has 2 nitrogen and oxygen atoms in total. The number of nitrogens with zero attached hydrogens (tertiary/aromatic N) is 1. The van der Waals surface area contributed by atoms with Gasteiger partial charge in [-0.1, -0.05) is 23.7 Å². The number of hydrogen-bond donors (Lipinski definition) is 1. The molecule has 3 heteroatoms. The Bertz CT molecular complexity index is 366. The molecule has 2 N–H and O–H groups in total. The van der Waals surface area contributed by atoms with Crippen LogP contribution in [0.5, 0.6) is 0 Å². The van der Waals surface area contributed by atoms with Crippen molar-refractivity contribution < 1.29 is 0 Å². The second-order valence-corrected chi connectivity index (χ2v) is 2.98. The Balaban J connectivity index is 3.32. The molecular formula is C10H9ClN2. The van der Waals surface area contributed by atoms with Gasteiger partial charge in [-0.2, -0.15) is 5.26 Å². The molecule has 0 amide bonds. The predicted octanol–water partition coefficient (Wildman–Crippen LogP) is 2.40. The van der Waals surface area contributed by atoms with Crippen molar-refractivity contribution in [3.63, 3.8) is 0 Å². The van der Waals surface area contributed by atoms with Crippen LogP contribution in [0.25, 0.3) is 0 Å². The van der Waals surface area contributed by atoms with Gasteiger partial charge in [-0.15, -0.1) is 6.58 Å². The van der Waals surface area contributed by atoms with E-state index in [0.29, 0.717) is 16.1 Å².